The van der Waals surface area contributed by atoms with Crippen LogP contribution in [0.15, 0.2) is 12.3 Å². The van der Waals surface area contributed by atoms with Gasteiger partial charge in [-0.25, -0.2) is 4.98 Å². The fourth-order valence-corrected chi connectivity index (χ4v) is 2.86. The van der Waals surface area contributed by atoms with Crippen LogP contribution in [0.25, 0.3) is 0 Å². The van der Waals surface area contributed by atoms with E-state index in [1.807, 2.05) is 0 Å². The molecule has 1 aromatic heterocycles. The van der Waals surface area contributed by atoms with E-state index < -0.39 is 0 Å². The number of hydrogen-bond donors (Lipinski definition) is 1. The van der Waals surface area contributed by atoms with Gasteiger partial charge in [0.15, 0.2) is 0 Å². The summed E-state index contributed by atoms with van der Waals surface area (Å²) in [6.07, 6.45) is 9.79. The highest BCUT2D eigenvalue weighted by Gasteiger charge is 2.13. The van der Waals surface area contributed by atoms with Crippen molar-refractivity contribution < 1.29 is 0 Å². The molecule has 0 spiro atoms. The second-order valence-corrected chi connectivity index (χ2v) is 5.55. The number of hydrogen-bond acceptors (Lipinski definition) is 2. The van der Waals surface area contributed by atoms with E-state index in [2.05, 4.69) is 10.3 Å². The fourth-order valence-electron chi connectivity index (χ4n) is 2.42. The Bertz CT molecular complexity index is 362. The summed E-state index contributed by atoms with van der Waals surface area (Å²) in [5.41, 5.74) is 0. The first kappa shape index (κ1) is 13.0. The second-order valence-electron chi connectivity index (χ2n) is 4.70. The van der Waals surface area contributed by atoms with Gasteiger partial charge in [-0.05, 0) is 18.4 Å². The molecule has 0 unspecified atom stereocenters. The molecule has 1 heterocycles. The van der Waals surface area contributed by atoms with Gasteiger partial charge in [-0.15, -0.1) is 0 Å². The molecule has 0 radical (unpaired) electrons. The third kappa shape index (κ3) is 4.04. The molecule has 94 valence electrons. The molecule has 1 aliphatic carbocycles. The molecule has 0 aliphatic heterocycles. The molecule has 0 aromatic carbocycles. The van der Waals surface area contributed by atoms with Gasteiger partial charge in [-0.1, -0.05) is 55.3 Å². The van der Waals surface area contributed by atoms with Crippen LogP contribution in [0, 0.1) is 5.92 Å². The lowest BCUT2D eigenvalue weighted by molar-refractivity contribution is 0.345. The molecule has 1 saturated carbocycles. The van der Waals surface area contributed by atoms with Crippen molar-refractivity contribution in [1.82, 2.24) is 4.98 Å². The molecule has 0 bridgehead atoms. The molecule has 0 atom stereocenters. The number of anilines is 1. The molecule has 2 nitrogen and oxygen atoms in total. The van der Waals surface area contributed by atoms with Crippen molar-refractivity contribution in [3.05, 3.63) is 22.3 Å². The summed E-state index contributed by atoms with van der Waals surface area (Å²) in [6, 6.07) is 1.72. The van der Waals surface area contributed by atoms with E-state index in [4.69, 9.17) is 23.2 Å². The van der Waals surface area contributed by atoms with Crippen molar-refractivity contribution >= 4 is 29.0 Å². The average molecular weight is 273 g/mol. The zero-order chi connectivity index (χ0) is 12.1. The third-order valence-electron chi connectivity index (χ3n) is 3.38. The van der Waals surface area contributed by atoms with Crippen LogP contribution in [0.3, 0.4) is 0 Å². The van der Waals surface area contributed by atoms with E-state index >= 15 is 0 Å². The van der Waals surface area contributed by atoms with Gasteiger partial charge in [0.25, 0.3) is 0 Å². The lowest BCUT2D eigenvalue weighted by Crippen LogP contribution is -2.12. The standard InChI is InChI=1S/C13H18Cl2N2/c14-11-8-12(15)13(17-9-11)16-7-6-10-4-2-1-3-5-10/h8-10H,1-7H2,(H,16,17). The van der Waals surface area contributed by atoms with E-state index in [1.54, 1.807) is 12.3 Å². The average Bonchev–Trinajstić information content (AvgIpc) is 2.33. The van der Waals surface area contributed by atoms with E-state index in [1.165, 1.54) is 38.5 Å². The van der Waals surface area contributed by atoms with Crippen molar-refractivity contribution in [2.45, 2.75) is 38.5 Å². The number of halogens is 2. The minimum Gasteiger partial charge on any atom is -0.369 e. The normalized spacial score (nSPS) is 17.1. The number of nitrogens with one attached hydrogen (secondary N) is 1. The molecule has 1 aliphatic rings. The maximum atomic E-state index is 6.04. The Kier molecular flexibility index (Phi) is 4.93. The van der Waals surface area contributed by atoms with Gasteiger partial charge in [0, 0.05) is 12.7 Å². The van der Waals surface area contributed by atoms with Crippen molar-refractivity contribution in [3.63, 3.8) is 0 Å². The Morgan fingerprint density at radius 3 is 2.71 bits per heavy atom. The summed E-state index contributed by atoms with van der Waals surface area (Å²) >= 11 is 11.8. The van der Waals surface area contributed by atoms with Gasteiger partial charge < -0.3 is 5.32 Å². The minimum atomic E-state index is 0.577. The molecule has 1 fully saturated rings. The topological polar surface area (TPSA) is 24.9 Å². The molecule has 1 aromatic rings. The third-order valence-corrected chi connectivity index (χ3v) is 3.87. The predicted molar refractivity (Wildman–Crippen MR) is 73.9 cm³/mol. The summed E-state index contributed by atoms with van der Waals surface area (Å²) in [4.78, 5) is 4.19. The van der Waals surface area contributed by atoms with E-state index in [-0.39, 0.29) is 0 Å². The zero-order valence-electron chi connectivity index (χ0n) is 9.88. The maximum absolute atomic E-state index is 6.04. The number of aromatic nitrogens is 1. The molecule has 0 saturated heterocycles. The summed E-state index contributed by atoms with van der Waals surface area (Å²) in [5, 5.41) is 4.46. The molecule has 0 amide bonds. The van der Waals surface area contributed by atoms with E-state index in [0.29, 0.717) is 10.0 Å². The lowest BCUT2D eigenvalue weighted by atomic mass is 9.87. The van der Waals surface area contributed by atoms with Crippen LogP contribution in [-0.2, 0) is 0 Å². The molecular weight excluding hydrogens is 255 g/mol. The highest BCUT2D eigenvalue weighted by molar-refractivity contribution is 6.35. The molecule has 2 rings (SSSR count). The highest BCUT2D eigenvalue weighted by Crippen LogP contribution is 2.27. The van der Waals surface area contributed by atoms with Gasteiger partial charge in [0.2, 0.25) is 0 Å². The maximum Gasteiger partial charge on any atom is 0.144 e. The summed E-state index contributed by atoms with van der Waals surface area (Å²) in [5.74, 6) is 1.62. The van der Waals surface area contributed by atoms with Gasteiger partial charge >= 0.3 is 0 Å². The van der Waals surface area contributed by atoms with Crippen LogP contribution in [-0.4, -0.2) is 11.5 Å². The van der Waals surface area contributed by atoms with Crippen LogP contribution < -0.4 is 5.32 Å². The first-order valence-electron chi connectivity index (χ1n) is 6.30. The summed E-state index contributed by atoms with van der Waals surface area (Å²) in [7, 11) is 0. The van der Waals surface area contributed by atoms with Gasteiger partial charge in [-0.2, -0.15) is 0 Å². The monoisotopic (exact) mass is 272 g/mol. The van der Waals surface area contributed by atoms with E-state index in [9.17, 15) is 0 Å². The van der Waals surface area contributed by atoms with Crippen molar-refractivity contribution in [2.24, 2.45) is 5.92 Å². The SMILES string of the molecule is Clc1cnc(NCCC2CCCCC2)c(Cl)c1. The Hall–Kier alpha value is -0.470. The van der Waals surface area contributed by atoms with Gasteiger partial charge in [0.05, 0.1) is 10.0 Å². The Morgan fingerprint density at radius 1 is 1.24 bits per heavy atom. The van der Waals surface area contributed by atoms with Crippen LogP contribution >= 0.6 is 23.2 Å². The van der Waals surface area contributed by atoms with Crippen LogP contribution in [0.1, 0.15) is 38.5 Å². The number of nitrogens with zero attached hydrogens (tertiary/aromatic N) is 1. The summed E-state index contributed by atoms with van der Waals surface area (Å²) in [6.45, 7) is 0.943. The largest absolute Gasteiger partial charge is 0.369 e. The minimum absolute atomic E-state index is 0.577. The Labute approximate surface area is 113 Å². The number of pyridine rings is 1. The number of rotatable bonds is 4. The molecular formula is C13H18Cl2N2. The van der Waals surface area contributed by atoms with Crippen LogP contribution in [0.5, 0.6) is 0 Å². The van der Waals surface area contributed by atoms with Crippen molar-refractivity contribution in [2.75, 3.05) is 11.9 Å². The second kappa shape index (κ2) is 6.46. The molecule has 1 N–H and O–H groups in total. The molecule has 4 heteroatoms. The Balaban J connectivity index is 1.77. The Morgan fingerprint density at radius 2 is 2.00 bits per heavy atom. The smallest absolute Gasteiger partial charge is 0.144 e. The van der Waals surface area contributed by atoms with Crippen molar-refractivity contribution in [1.29, 1.82) is 0 Å². The quantitative estimate of drug-likeness (QED) is 0.854. The summed E-state index contributed by atoms with van der Waals surface area (Å²) < 4.78 is 0. The van der Waals surface area contributed by atoms with Crippen LogP contribution in [0.2, 0.25) is 10.0 Å². The lowest BCUT2D eigenvalue weighted by Gasteiger charge is -2.21. The zero-order valence-corrected chi connectivity index (χ0v) is 11.4. The van der Waals surface area contributed by atoms with Gasteiger partial charge in [0.1, 0.15) is 5.82 Å². The van der Waals surface area contributed by atoms with Gasteiger partial charge in [-0.3, -0.25) is 0 Å². The van der Waals surface area contributed by atoms with Crippen molar-refractivity contribution in [3.8, 4) is 0 Å². The fraction of sp³-hybridized carbons (Fsp3) is 0.615. The predicted octanol–water partition coefficient (Wildman–Crippen LogP) is 4.77. The van der Waals surface area contributed by atoms with Crippen LogP contribution in [0.4, 0.5) is 5.82 Å². The highest BCUT2D eigenvalue weighted by atomic mass is 35.5. The molecule has 17 heavy (non-hydrogen) atoms. The van der Waals surface area contributed by atoms with E-state index in [0.717, 1.165) is 18.3 Å². The first-order valence-corrected chi connectivity index (χ1v) is 7.06. The first-order chi connectivity index (χ1) is 8.25.